The highest BCUT2D eigenvalue weighted by atomic mass is 16.5. The van der Waals surface area contributed by atoms with Crippen LogP contribution in [-0.2, 0) is 16.0 Å². The molecule has 0 aliphatic carbocycles. The maximum Gasteiger partial charge on any atom is 0.135 e. The van der Waals surface area contributed by atoms with Crippen LogP contribution in [0.5, 0.6) is 0 Å². The molecule has 1 fully saturated rings. The van der Waals surface area contributed by atoms with Crippen LogP contribution < -0.4 is 0 Å². The fourth-order valence-electron chi connectivity index (χ4n) is 2.20. The maximum absolute atomic E-state index is 11.9. The summed E-state index contributed by atoms with van der Waals surface area (Å²) < 4.78 is 5.20. The molecule has 0 amide bonds. The van der Waals surface area contributed by atoms with Gasteiger partial charge in [0.2, 0.25) is 0 Å². The van der Waals surface area contributed by atoms with E-state index in [0.717, 1.165) is 5.56 Å². The average molecular weight is 281 g/mol. The Labute approximate surface area is 117 Å². The van der Waals surface area contributed by atoms with Crippen LogP contribution in [-0.4, -0.2) is 57.1 Å². The van der Waals surface area contributed by atoms with E-state index in [1.54, 1.807) is 12.4 Å². The lowest BCUT2D eigenvalue weighted by Gasteiger charge is -2.34. The number of hydrogen-bond donors (Lipinski definition) is 3. The first-order valence-corrected chi connectivity index (χ1v) is 6.64. The quantitative estimate of drug-likeness (QED) is 0.670. The highest BCUT2D eigenvalue weighted by Gasteiger charge is 2.38. The van der Waals surface area contributed by atoms with Gasteiger partial charge in [0.15, 0.2) is 0 Å². The Kier molecular flexibility index (Phi) is 5.19. The van der Waals surface area contributed by atoms with Gasteiger partial charge < -0.3 is 20.1 Å². The molecule has 2 heterocycles. The maximum atomic E-state index is 11.9. The summed E-state index contributed by atoms with van der Waals surface area (Å²) in [7, 11) is 0. The van der Waals surface area contributed by atoms with Gasteiger partial charge in [0.25, 0.3) is 0 Å². The van der Waals surface area contributed by atoms with E-state index in [1.807, 2.05) is 12.1 Å². The predicted molar refractivity (Wildman–Crippen MR) is 69.9 cm³/mol. The van der Waals surface area contributed by atoms with E-state index in [4.69, 9.17) is 4.74 Å². The van der Waals surface area contributed by atoms with Gasteiger partial charge in [-0.05, 0) is 18.1 Å². The summed E-state index contributed by atoms with van der Waals surface area (Å²) in [6.07, 6.45) is -0.0330. The van der Waals surface area contributed by atoms with E-state index in [0.29, 0.717) is 12.8 Å². The van der Waals surface area contributed by atoms with Gasteiger partial charge in [-0.15, -0.1) is 0 Å². The van der Waals surface area contributed by atoms with Crippen molar-refractivity contribution in [3.63, 3.8) is 0 Å². The van der Waals surface area contributed by atoms with Crippen molar-refractivity contribution in [1.82, 2.24) is 4.98 Å². The number of nitrogens with zero attached hydrogens (tertiary/aromatic N) is 1. The summed E-state index contributed by atoms with van der Waals surface area (Å²) in [4.78, 5) is 15.8. The highest BCUT2D eigenvalue weighted by Crippen LogP contribution is 2.19. The van der Waals surface area contributed by atoms with Crippen molar-refractivity contribution in [2.75, 3.05) is 6.61 Å². The smallest absolute Gasteiger partial charge is 0.135 e. The molecule has 1 aliphatic rings. The molecular weight excluding hydrogens is 262 g/mol. The third kappa shape index (κ3) is 3.83. The predicted octanol–water partition coefficient (Wildman–Crippen LogP) is -0.545. The van der Waals surface area contributed by atoms with Crippen molar-refractivity contribution in [2.24, 2.45) is 0 Å². The van der Waals surface area contributed by atoms with Crippen molar-refractivity contribution < 1.29 is 24.9 Å². The van der Waals surface area contributed by atoms with Gasteiger partial charge in [0.05, 0.1) is 12.7 Å². The Morgan fingerprint density at radius 3 is 2.85 bits per heavy atom. The first-order chi connectivity index (χ1) is 9.58. The number of ketones is 1. The first kappa shape index (κ1) is 15.1. The second-order valence-corrected chi connectivity index (χ2v) is 5.02. The number of ether oxygens (including phenoxy) is 1. The number of hydrogen-bond acceptors (Lipinski definition) is 6. The molecule has 110 valence electrons. The number of Topliss-reactive ketones (excluding diaryl/α,β-unsaturated/α-hetero) is 1. The molecule has 2 rings (SSSR count). The van der Waals surface area contributed by atoms with Crippen molar-refractivity contribution >= 4 is 5.78 Å². The largest absolute Gasteiger partial charge is 0.388 e. The number of carbonyl (C=O) groups is 1. The van der Waals surface area contributed by atoms with Gasteiger partial charge in [0, 0.05) is 25.2 Å². The molecule has 1 aliphatic heterocycles. The minimum atomic E-state index is -1.26. The summed E-state index contributed by atoms with van der Waals surface area (Å²) in [5.41, 5.74) is 0.974. The molecule has 1 unspecified atom stereocenters. The topological polar surface area (TPSA) is 99.9 Å². The minimum absolute atomic E-state index is 0.0329. The van der Waals surface area contributed by atoms with Crippen LogP contribution in [0.3, 0.4) is 0 Å². The van der Waals surface area contributed by atoms with E-state index in [-0.39, 0.29) is 18.8 Å². The van der Waals surface area contributed by atoms with E-state index < -0.39 is 24.4 Å². The molecule has 0 aromatic carbocycles. The Hall–Kier alpha value is -1.34. The molecular formula is C14H19NO5. The number of rotatable bonds is 5. The van der Waals surface area contributed by atoms with Gasteiger partial charge in [-0.2, -0.15) is 0 Å². The lowest BCUT2D eigenvalue weighted by atomic mass is 9.95. The molecule has 0 saturated carbocycles. The summed E-state index contributed by atoms with van der Waals surface area (Å²) in [6, 6.07) is 3.71. The van der Waals surface area contributed by atoms with Gasteiger partial charge in [-0.25, -0.2) is 0 Å². The highest BCUT2D eigenvalue weighted by molar-refractivity contribution is 5.79. The zero-order chi connectivity index (χ0) is 14.5. The molecule has 0 spiro atoms. The van der Waals surface area contributed by atoms with E-state index in [2.05, 4.69) is 4.98 Å². The zero-order valence-corrected chi connectivity index (χ0v) is 11.1. The fraction of sp³-hybridized carbons (Fsp3) is 0.571. The van der Waals surface area contributed by atoms with Crippen molar-refractivity contribution in [3.8, 4) is 0 Å². The zero-order valence-electron chi connectivity index (χ0n) is 11.1. The third-order valence-corrected chi connectivity index (χ3v) is 3.45. The molecule has 4 atom stereocenters. The minimum Gasteiger partial charge on any atom is -0.388 e. The Bertz CT molecular complexity index is 438. The van der Waals surface area contributed by atoms with Gasteiger partial charge >= 0.3 is 0 Å². The number of carbonyl (C=O) groups excluding carboxylic acids is 1. The molecule has 1 saturated heterocycles. The van der Waals surface area contributed by atoms with Crippen molar-refractivity contribution in [3.05, 3.63) is 30.1 Å². The van der Waals surface area contributed by atoms with Crippen LogP contribution in [0.15, 0.2) is 24.5 Å². The number of pyridine rings is 1. The van der Waals surface area contributed by atoms with E-state index in [1.165, 1.54) is 0 Å². The molecule has 0 radical (unpaired) electrons. The van der Waals surface area contributed by atoms with E-state index >= 15 is 0 Å². The number of aliphatic hydroxyl groups is 3. The Morgan fingerprint density at radius 1 is 1.35 bits per heavy atom. The summed E-state index contributed by atoms with van der Waals surface area (Å²) in [5, 5.41) is 28.6. The second-order valence-electron chi connectivity index (χ2n) is 5.02. The number of aryl methyl sites for hydroxylation is 1. The van der Waals surface area contributed by atoms with Gasteiger partial charge in [-0.3, -0.25) is 9.78 Å². The van der Waals surface area contributed by atoms with Crippen LogP contribution >= 0.6 is 0 Å². The summed E-state index contributed by atoms with van der Waals surface area (Å²) >= 11 is 0. The van der Waals surface area contributed by atoms with Crippen molar-refractivity contribution in [2.45, 2.75) is 43.7 Å². The average Bonchev–Trinajstić information content (AvgIpc) is 2.47. The molecule has 0 bridgehead atoms. The SMILES string of the molecule is O=C(CCc1cccnc1)CC1OC[C@@H](O)[C@H](O)[C@H]1O. The Morgan fingerprint density at radius 2 is 2.15 bits per heavy atom. The Balaban J connectivity index is 1.80. The first-order valence-electron chi connectivity index (χ1n) is 6.64. The van der Waals surface area contributed by atoms with Crippen LogP contribution in [0.1, 0.15) is 18.4 Å². The number of aromatic nitrogens is 1. The standard InChI is InChI=1S/C14H19NO5/c16-10(4-3-9-2-1-5-15-7-9)6-12-14(19)13(18)11(17)8-20-12/h1-2,5,7,11-14,17-19H,3-4,6,8H2/t11-,12?,13+,14+/m1/s1. The molecule has 3 N–H and O–H groups in total. The molecule has 6 nitrogen and oxygen atoms in total. The van der Waals surface area contributed by atoms with Crippen LogP contribution in [0.2, 0.25) is 0 Å². The van der Waals surface area contributed by atoms with Crippen LogP contribution in [0.4, 0.5) is 0 Å². The number of aliphatic hydroxyl groups excluding tert-OH is 3. The second kappa shape index (κ2) is 6.90. The summed E-state index contributed by atoms with van der Waals surface area (Å²) in [5.74, 6) is -0.0542. The third-order valence-electron chi connectivity index (χ3n) is 3.45. The molecule has 6 heteroatoms. The fourth-order valence-corrected chi connectivity index (χ4v) is 2.20. The van der Waals surface area contributed by atoms with Crippen LogP contribution in [0, 0.1) is 0 Å². The van der Waals surface area contributed by atoms with Gasteiger partial charge in [-0.1, -0.05) is 6.07 Å². The molecule has 20 heavy (non-hydrogen) atoms. The van der Waals surface area contributed by atoms with Gasteiger partial charge in [0.1, 0.15) is 24.1 Å². The summed E-state index contributed by atoms with van der Waals surface area (Å²) in [6.45, 7) is -0.0707. The molecule has 1 aromatic rings. The normalized spacial score (nSPS) is 30.1. The lowest BCUT2D eigenvalue weighted by molar-refractivity contribution is -0.189. The monoisotopic (exact) mass is 281 g/mol. The lowest BCUT2D eigenvalue weighted by Crippen LogP contribution is -2.53. The molecule has 1 aromatic heterocycles. The van der Waals surface area contributed by atoms with Crippen molar-refractivity contribution in [1.29, 1.82) is 0 Å². The van der Waals surface area contributed by atoms with E-state index in [9.17, 15) is 20.1 Å². The van der Waals surface area contributed by atoms with Crippen LogP contribution in [0.25, 0.3) is 0 Å².